The van der Waals surface area contributed by atoms with Gasteiger partial charge in [0.25, 0.3) is 0 Å². The van der Waals surface area contributed by atoms with Gasteiger partial charge in [-0.2, -0.15) is 0 Å². The molecule has 1 N–H and O–H groups in total. The number of carbonyl (C=O) groups excluding carboxylic acids is 1. The maximum atomic E-state index is 12.0. The summed E-state index contributed by atoms with van der Waals surface area (Å²) in [5, 5.41) is 0. The van der Waals surface area contributed by atoms with E-state index in [4.69, 9.17) is 4.74 Å². The molecule has 1 aromatic rings. The van der Waals surface area contributed by atoms with Crippen molar-refractivity contribution in [1.29, 1.82) is 0 Å². The van der Waals surface area contributed by atoms with Gasteiger partial charge in [0.1, 0.15) is 0 Å². The number of ether oxygens (including phenoxy) is 1. The van der Waals surface area contributed by atoms with Crippen LogP contribution in [0.25, 0.3) is 0 Å². The van der Waals surface area contributed by atoms with Crippen LogP contribution in [0.5, 0.6) is 0 Å². The summed E-state index contributed by atoms with van der Waals surface area (Å²) in [6.07, 6.45) is 0.708. The number of sulfonamides is 1. The fourth-order valence-electron chi connectivity index (χ4n) is 1.40. The van der Waals surface area contributed by atoms with E-state index in [1.807, 2.05) is 6.92 Å². The summed E-state index contributed by atoms with van der Waals surface area (Å²) in [5.74, 6) is -0.457. The maximum absolute atomic E-state index is 12.0. The lowest BCUT2D eigenvalue weighted by molar-refractivity contribution is 0.0526. The average Bonchev–Trinajstić information content (AvgIpc) is 2.38. The number of benzene rings is 1. The van der Waals surface area contributed by atoms with Gasteiger partial charge in [0.15, 0.2) is 0 Å². The molecule has 1 rings (SSSR count). The van der Waals surface area contributed by atoms with Gasteiger partial charge in [0.05, 0.1) is 17.1 Å². The van der Waals surface area contributed by atoms with E-state index in [0.29, 0.717) is 12.0 Å². The minimum atomic E-state index is -3.53. The first-order valence-corrected chi connectivity index (χ1v) is 7.68. The summed E-state index contributed by atoms with van der Waals surface area (Å²) in [7, 11) is -3.53. The minimum absolute atomic E-state index is 0.130. The second-order valence-electron chi connectivity index (χ2n) is 4.18. The van der Waals surface area contributed by atoms with Gasteiger partial charge in [-0.05, 0) is 44.5 Å². The molecule has 106 valence electrons. The first kappa shape index (κ1) is 15.7. The van der Waals surface area contributed by atoms with Gasteiger partial charge >= 0.3 is 5.97 Å². The van der Waals surface area contributed by atoms with Crippen LogP contribution < -0.4 is 4.72 Å². The van der Waals surface area contributed by atoms with Crippen LogP contribution in [0.4, 0.5) is 0 Å². The first-order chi connectivity index (χ1) is 8.90. The second kappa shape index (κ2) is 6.68. The third kappa shape index (κ3) is 4.33. The first-order valence-electron chi connectivity index (χ1n) is 6.20. The van der Waals surface area contributed by atoms with E-state index in [1.54, 1.807) is 13.8 Å². The number of hydrogen-bond acceptors (Lipinski definition) is 4. The third-order valence-electron chi connectivity index (χ3n) is 2.64. The fraction of sp³-hybridized carbons (Fsp3) is 0.462. The van der Waals surface area contributed by atoms with Crippen molar-refractivity contribution in [3.8, 4) is 0 Å². The summed E-state index contributed by atoms with van der Waals surface area (Å²) in [5.41, 5.74) is 0.337. The van der Waals surface area contributed by atoms with Crippen LogP contribution in [0.15, 0.2) is 29.2 Å². The van der Waals surface area contributed by atoms with Crippen LogP contribution in [-0.4, -0.2) is 27.0 Å². The van der Waals surface area contributed by atoms with Gasteiger partial charge in [-0.15, -0.1) is 0 Å². The predicted molar refractivity (Wildman–Crippen MR) is 72.5 cm³/mol. The zero-order valence-electron chi connectivity index (χ0n) is 11.3. The molecular weight excluding hydrogens is 266 g/mol. The van der Waals surface area contributed by atoms with Crippen molar-refractivity contribution in [3.05, 3.63) is 29.8 Å². The van der Waals surface area contributed by atoms with Gasteiger partial charge in [-0.1, -0.05) is 6.92 Å². The molecule has 1 atom stereocenters. The Morgan fingerprint density at radius 3 is 2.32 bits per heavy atom. The highest BCUT2D eigenvalue weighted by Gasteiger charge is 2.17. The Morgan fingerprint density at radius 2 is 1.84 bits per heavy atom. The summed E-state index contributed by atoms with van der Waals surface area (Å²) < 4.78 is 31.3. The van der Waals surface area contributed by atoms with Crippen LogP contribution in [0, 0.1) is 0 Å². The molecule has 0 aliphatic rings. The summed E-state index contributed by atoms with van der Waals surface area (Å²) in [6.45, 7) is 5.70. The van der Waals surface area contributed by atoms with E-state index in [0.717, 1.165) is 0 Å². The molecule has 0 spiro atoms. The van der Waals surface area contributed by atoms with Crippen molar-refractivity contribution in [2.24, 2.45) is 0 Å². The third-order valence-corrected chi connectivity index (χ3v) is 4.25. The molecule has 0 unspecified atom stereocenters. The van der Waals surface area contributed by atoms with Crippen LogP contribution >= 0.6 is 0 Å². The minimum Gasteiger partial charge on any atom is -0.462 e. The van der Waals surface area contributed by atoms with Crippen molar-refractivity contribution in [2.45, 2.75) is 38.1 Å². The zero-order chi connectivity index (χ0) is 14.5. The fourth-order valence-corrected chi connectivity index (χ4v) is 2.73. The van der Waals surface area contributed by atoms with E-state index in [9.17, 15) is 13.2 Å². The Morgan fingerprint density at radius 1 is 1.26 bits per heavy atom. The molecule has 0 amide bonds. The van der Waals surface area contributed by atoms with Gasteiger partial charge in [0.2, 0.25) is 10.0 Å². The van der Waals surface area contributed by atoms with Crippen molar-refractivity contribution in [3.63, 3.8) is 0 Å². The lowest BCUT2D eigenvalue weighted by Gasteiger charge is -2.12. The zero-order valence-corrected chi connectivity index (χ0v) is 12.2. The molecule has 0 fully saturated rings. The van der Waals surface area contributed by atoms with Crippen molar-refractivity contribution < 1.29 is 17.9 Å². The molecule has 1 aromatic carbocycles. The molecule has 0 aliphatic heterocycles. The summed E-state index contributed by atoms with van der Waals surface area (Å²) in [4.78, 5) is 11.6. The Kier molecular flexibility index (Phi) is 5.50. The number of rotatable bonds is 6. The van der Waals surface area contributed by atoms with Gasteiger partial charge < -0.3 is 4.74 Å². The Balaban J connectivity index is 2.89. The van der Waals surface area contributed by atoms with Crippen molar-refractivity contribution in [1.82, 2.24) is 4.72 Å². The molecule has 0 aromatic heterocycles. The van der Waals surface area contributed by atoms with Gasteiger partial charge in [-0.3, -0.25) is 0 Å². The molecule has 0 radical (unpaired) electrons. The molecule has 0 aliphatic carbocycles. The topological polar surface area (TPSA) is 72.5 Å². The SMILES string of the molecule is CCOC(=O)c1ccc(S(=O)(=O)N[C@H](C)CC)cc1. The smallest absolute Gasteiger partial charge is 0.338 e. The van der Waals surface area contributed by atoms with Crippen LogP contribution in [0.1, 0.15) is 37.6 Å². The van der Waals surface area contributed by atoms with Crippen molar-refractivity contribution in [2.75, 3.05) is 6.61 Å². The largest absolute Gasteiger partial charge is 0.462 e. The number of esters is 1. The quantitative estimate of drug-likeness (QED) is 0.811. The van der Waals surface area contributed by atoms with E-state index < -0.39 is 16.0 Å². The summed E-state index contributed by atoms with van der Waals surface area (Å²) >= 11 is 0. The standard InChI is InChI=1S/C13H19NO4S/c1-4-10(3)14-19(16,17)12-8-6-11(7-9-12)13(15)18-5-2/h6-10,14H,4-5H2,1-3H3/t10-/m1/s1. The highest BCUT2D eigenvalue weighted by molar-refractivity contribution is 7.89. The monoisotopic (exact) mass is 285 g/mol. The molecule has 19 heavy (non-hydrogen) atoms. The maximum Gasteiger partial charge on any atom is 0.338 e. The Bertz CT molecular complexity index is 522. The average molecular weight is 285 g/mol. The normalized spacial score (nSPS) is 13.0. The van der Waals surface area contributed by atoms with Crippen LogP contribution in [0.2, 0.25) is 0 Å². The van der Waals surface area contributed by atoms with E-state index in [1.165, 1.54) is 24.3 Å². The van der Waals surface area contributed by atoms with Gasteiger partial charge in [0, 0.05) is 6.04 Å². The summed E-state index contributed by atoms with van der Waals surface area (Å²) in [6, 6.07) is 5.56. The van der Waals surface area contributed by atoms with E-state index in [2.05, 4.69) is 4.72 Å². The molecule has 0 saturated heterocycles. The molecular formula is C13H19NO4S. The Labute approximate surface area is 114 Å². The van der Waals surface area contributed by atoms with Gasteiger partial charge in [-0.25, -0.2) is 17.9 Å². The van der Waals surface area contributed by atoms with E-state index in [-0.39, 0.29) is 17.5 Å². The molecule has 6 heteroatoms. The lowest BCUT2D eigenvalue weighted by Crippen LogP contribution is -2.32. The van der Waals surface area contributed by atoms with Crippen LogP contribution in [-0.2, 0) is 14.8 Å². The van der Waals surface area contributed by atoms with E-state index >= 15 is 0 Å². The Hall–Kier alpha value is -1.40. The number of nitrogens with one attached hydrogen (secondary N) is 1. The van der Waals surface area contributed by atoms with Crippen molar-refractivity contribution >= 4 is 16.0 Å². The molecule has 0 bridgehead atoms. The molecule has 0 saturated carbocycles. The predicted octanol–water partition coefficient (Wildman–Crippen LogP) is 1.94. The lowest BCUT2D eigenvalue weighted by atomic mass is 10.2. The number of hydrogen-bond donors (Lipinski definition) is 1. The van der Waals surface area contributed by atoms with Crippen LogP contribution in [0.3, 0.4) is 0 Å². The number of carbonyl (C=O) groups is 1. The second-order valence-corrected chi connectivity index (χ2v) is 5.89. The highest BCUT2D eigenvalue weighted by Crippen LogP contribution is 2.12. The highest BCUT2D eigenvalue weighted by atomic mass is 32.2. The molecule has 5 nitrogen and oxygen atoms in total. The molecule has 0 heterocycles.